The lowest BCUT2D eigenvalue weighted by atomic mass is 10.3. The first-order valence-electron chi connectivity index (χ1n) is 6.18. The van der Waals surface area contributed by atoms with Crippen molar-refractivity contribution in [3.05, 3.63) is 35.7 Å². The molecule has 0 spiro atoms. The van der Waals surface area contributed by atoms with Crippen LogP contribution in [0.2, 0.25) is 0 Å². The van der Waals surface area contributed by atoms with Crippen molar-refractivity contribution in [3.63, 3.8) is 0 Å². The summed E-state index contributed by atoms with van der Waals surface area (Å²) in [5.41, 5.74) is 6.51. The third-order valence-corrected chi connectivity index (χ3v) is 4.52. The van der Waals surface area contributed by atoms with Gasteiger partial charge < -0.3 is 11.1 Å². The molecular weight excluding hydrogens is 304 g/mol. The highest BCUT2D eigenvalue weighted by Gasteiger charge is 2.09. The summed E-state index contributed by atoms with van der Waals surface area (Å²) in [5, 5.41) is 6.56. The van der Waals surface area contributed by atoms with E-state index in [1.807, 2.05) is 35.7 Å². The number of nitrogen functional groups attached to an aromatic ring is 1. The van der Waals surface area contributed by atoms with Crippen LogP contribution in [-0.4, -0.2) is 15.9 Å². The van der Waals surface area contributed by atoms with E-state index in [4.69, 9.17) is 5.73 Å². The van der Waals surface area contributed by atoms with Gasteiger partial charge in [-0.05, 0) is 35.7 Å². The lowest BCUT2D eigenvalue weighted by Gasteiger charge is -2.05. The minimum atomic E-state index is -0.0843. The van der Waals surface area contributed by atoms with Gasteiger partial charge in [0.1, 0.15) is 9.86 Å². The van der Waals surface area contributed by atoms with Crippen LogP contribution < -0.4 is 11.1 Å². The van der Waals surface area contributed by atoms with Crippen molar-refractivity contribution in [2.24, 2.45) is 0 Å². The van der Waals surface area contributed by atoms with Crippen LogP contribution in [0.4, 0.5) is 11.6 Å². The molecule has 2 aromatic heterocycles. The lowest BCUT2D eigenvalue weighted by Crippen LogP contribution is -2.05. The van der Waals surface area contributed by atoms with Crippen molar-refractivity contribution in [2.45, 2.75) is 16.8 Å². The predicted molar refractivity (Wildman–Crippen MR) is 86.7 cm³/mol. The Bertz CT molecular complexity index is 798. The molecule has 0 saturated heterocycles. The van der Waals surface area contributed by atoms with Gasteiger partial charge in [0.25, 0.3) is 0 Å². The third kappa shape index (κ3) is 3.14. The standard InChI is InChI=1S/C14H12N4OS2/c1-8(19)16-9-2-4-10(5-3-9)21-13-11-6-7-20-12(11)17-14(15)18-13/h2-7H,1H3,(H,16,19)(H2,15,17,18). The number of amides is 1. The average molecular weight is 316 g/mol. The first-order chi connectivity index (χ1) is 10.1. The Balaban J connectivity index is 1.88. The van der Waals surface area contributed by atoms with Crippen LogP contribution in [-0.2, 0) is 4.79 Å². The molecule has 3 N–H and O–H groups in total. The van der Waals surface area contributed by atoms with Gasteiger partial charge in [0, 0.05) is 22.9 Å². The van der Waals surface area contributed by atoms with Crippen molar-refractivity contribution < 1.29 is 4.79 Å². The number of rotatable bonds is 3. The summed E-state index contributed by atoms with van der Waals surface area (Å²) >= 11 is 3.07. The van der Waals surface area contributed by atoms with Gasteiger partial charge in [-0.25, -0.2) is 9.97 Å². The molecule has 0 aliphatic heterocycles. The Morgan fingerprint density at radius 3 is 2.71 bits per heavy atom. The molecule has 0 aliphatic carbocycles. The molecule has 0 saturated carbocycles. The van der Waals surface area contributed by atoms with E-state index in [0.29, 0.717) is 0 Å². The summed E-state index contributed by atoms with van der Waals surface area (Å²) in [5.74, 6) is 0.196. The molecule has 0 unspecified atom stereocenters. The smallest absolute Gasteiger partial charge is 0.222 e. The average Bonchev–Trinajstić information content (AvgIpc) is 2.88. The fraction of sp³-hybridized carbons (Fsp3) is 0.0714. The van der Waals surface area contributed by atoms with Crippen molar-refractivity contribution in [2.75, 3.05) is 11.1 Å². The lowest BCUT2D eigenvalue weighted by molar-refractivity contribution is -0.114. The van der Waals surface area contributed by atoms with Gasteiger partial charge in [-0.2, -0.15) is 0 Å². The number of hydrogen-bond acceptors (Lipinski definition) is 6. The molecule has 0 radical (unpaired) electrons. The number of nitrogens with zero attached hydrogens (tertiary/aromatic N) is 2. The van der Waals surface area contributed by atoms with Crippen molar-refractivity contribution in [3.8, 4) is 0 Å². The van der Waals surface area contributed by atoms with Gasteiger partial charge in [0.2, 0.25) is 11.9 Å². The summed E-state index contributed by atoms with van der Waals surface area (Å²) in [6.07, 6.45) is 0. The zero-order chi connectivity index (χ0) is 14.8. The van der Waals surface area contributed by atoms with Crippen LogP contribution in [0.3, 0.4) is 0 Å². The number of hydrogen-bond donors (Lipinski definition) is 2. The molecule has 3 rings (SSSR count). The van der Waals surface area contributed by atoms with Crippen molar-refractivity contribution in [1.82, 2.24) is 9.97 Å². The van der Waals surface area contributed by atoms with Gasteiger partial charge in [-0.15, -0.1) is 11.3 Å². The molecule has 0 atom stereocenters. The highest BCUT2D eigenvalue weighted by molar-refractivity contribution is 7.99. The summed E-state index contributed by atoms with van der Waals surface area (Å²) in [7, 11) is 0. The Labute approximate surface area is 129 Å². The van der Waals surface area contributed by atoms with E-state index in [9.17, 15) is 4.79 Å². The van der Waals surface area contributed by atoms with E-state index in [0.717, 1.165) is 25.8 Å². The molecule has 0 fully saturated rings. The Kier molecular flexibility index (Phi) is 3.76. The molecule has 0 aliphatic rings. The second-order valence-corrected chi connectivity index (χ2v) is 6.29. The SMILES string of the molecule is CC(=O)Nc1ccc(Sc2nc(N)nc3sccc23)cc1. The van der Waals surface area contributed by atoms with E-state index >= 15 is 0 Å². The van der Waals surface area contributed by atoms with Gasteiger partial charge in [-0.1, -0.05) is 11.8 Å². The molecule has 5 nitrogen and oxygen atoms in total. The van der Waals surface area contributed by atoms with Crippen molar-refractivity contribution >= 4 is 50.9 Å². The molecule has 21 heavy (non-hydrogen) atoms. The normalized spacial score (nSPS) is 10.7. The van der Waals surface area contributed by atoms with Crippen LogP contribution in [0.15, 0.2) is 45.6 Å². The first-order valence-corrected chi connectivity index (χ1v) is 7.87. The molecular formula is C14H12N4OS2. The van der Waals surface area contributed by atoms with Crippen LogP contribution >= 0.6 is 23.1 Å². The largest absolute Gasteiger partial charge is 0.368 e. The Morgan fingerprint density at radius 2 is 2.00 bits per heavy atom. The van der Waals surface area contributed by atoms with Crippen LogP contribution in [0.5, 0.6) is 0 Å². The molecule has 0 bridgehead atoms. The third-order valence-electron chi connectivity index (χ3n) is 2.70. The molecule has 7 heteroatoms. The monoisotopic (exact) mass is 316 g/mol. The number of carbonyl (C=O) groups excluding carboxylic acids is 1. The maximum Gasteiger partial charge on any atom is 0.222 e. The minimum Gasteiger partial charge on any atom is -0.368 e. The van der Waals surface area contributed by atoms with Gasteiger partial charge in [0.15, 0.2) is 0 Å². The van der Waals surface area contributed by atoms with Gasteiger partial charge in [0.05, 0.1) is 0 Å². The maximum atomic E-state index is 11.0. The number of fused-ring (bicyclic) bond motifs is 1. The molecule has 2 heterocycles. The predicted octanol–water partition coefficient (Wildman–Crippen LogP) is 3.38. The zero-order valence-electron chi connectivity index (χ0n) is 11.2. The number of nitrogens with two attached hydrogens (primary N) is 1. The second kappa shape index (κ2) is 5.71. The van der Waals surface area contributed by atoms with Crippen LogP contribution in [0, 0.1) is 0 Å². The van der Waals surface area contributed by atoms with E-state index in [1.54, 1.807) is 11.3 Å². The maximum absolute atomic E-state index is 11.0. The fourth-order valence-corrected chi connectivity index (χ4v) is 3.59. The number of anilines is 2. The summed E-state index contributed by atoms with van der Waals surface area (Å²) in [6.45, 7) is 1.49. The molecule has 3 aromatic rings. The van der Waals surface area contributed by atoms with E-state index < -0.39 is 0 Å². The van der Waals surface area contributed by atoms with E-state index in [-0.39, 0.29) is 11.9 Å². The Hall–Kier alpha value is -2.12. The number of benzene rings is 1. The molecule has 106 valence electrons. The highest BCUT2D eigenvalue weighted by Crippen LogP contribution is 2.34. The van der Waals surface area contributed by atoms with Gasteiger partial charge in [-0.3, -0.25) is 4.79 Å². The van der Waals surface area contributed by atoms with E-state index in [1.165, 1.54) is 18.7 Å². The van der Waals surface area contributed by atoms with Gasteiger partial charge >= 0.3 is 0 Å². The first kappa shape index (κ1) is 13.8. The van der Waals surface area contributed by atoms with Crippen LogP contribution in [0.1, 0.15) is 6.92 Å². The van der Waals surface area contributed by atoms with Crippen LogP contribution in [0.25, 0.3) is 10.2 Å². The zero-order valence-corrected chi connectivity index (χ0v) is 12.8. The molecule has 1 aromatic carbocycles. The van der Waals surface area contributed by atoms with E-state index in [2.05, 4.69) is 15.3 Å². The topological polar surface area (TPSA) is 80.9 Å². The highest BCUT2D eigenvalue weighted by atomic mass is 32.2. The van der Waals surface area contributed by atoms with Crippen molar-refractivity contribution in [1.29, 1.82) is 0 Å². The summed E-state index contributed by atoms with van der Waals surface area (Å²) in [4.78, 5) is 21.4. The second-order valence-electron chi connectivity index (χ2n) is 4.33. The number of nitrogens with one attached hydrogen (secondary N) is 1. The molecule has 1 amide bonds. The Morgan fingerprint density at radius 1 is 1.24 bits per heavy atom. The number of carbonyl (C=O) groups is 1. The fourth-order valence-electron chi connectivity index (χ4n) is 1.84. The minimum absolute atomic E-state index is 0.0843. The number of thiophene rings is 1. The summed E-state index contributed by atoms with van der Waals surface area (Å²) in [6, 6.07) is 9.59. The summed E-state index contributed by atoms with van der Waals surface area (Å²) < 4.78 is 0. The number of aromatic nitrogens is 2. The quantitative estimate of drug-likeness (QED) is 0.724.